The number of carboxylic acid groups (broad SMARTS) is 1. The Morgan fingerprint density at radius 1 is 1.15 bits per heavy atom. The van der Waals surface area contributed by atoms with Gasteiger partial charge in [-0.2, -0.15) is 0 Å². The summed E-state index contributed by atoms with van der Waals surface area (Å²) in [5.74, 6) is 0.546. The Morgan fingerprint density at radius 3 is 2.70 bits per heavy atom. The molecule has 0 fully saturated rings. The quantitative estimate of drug-likeness (QED) is 0.414. The summed E-state index contributed by atoms with van der Waals surface area (Å²) in [5, 5.41) is 12.8. The fourth-order valence-electron chi connectivity index (χ4n) is 4.79. The van der Waals surface area contributed by atoms with Crippen molar-refractivity contribution in [3.8, 4) is 22.6 Å². The van der Waals surface area contributed by atoms with Crippen LogP contribution >= 0.6 is 0 Å². The Bertz CT molecular complexity index is 1420. The maximum Gasteiger partial charge on any atom is 0.307 e. The van der Waals surface area contributed by atoms with Gasteiger partial charge in [-0.15, -0.1) is 0 Å². The summed E-state index contributed by atoms with van der Waals surface area (Å²) in [7, 11) is 0. The molecule has 0 amide bonds. The molecule has 0 aliphatic carbocycles. The van der Waals surface area contributed by atoms with Crippen molar-refractivity contribution in [3.05, 3.63) is 65.4 Å². The Kier molecular flexibility index (Phi) is 5.00. The number of pyridine rings is 1. The van der Waals surface area contributed by atoms with E-state index >= 15 is 0 Å². The van der Waals surface area contributed by atoms with E-state index in [9.17, 15) is 9.90 Å². The molecule has 0 atom stereocenters. The Balaban J connectivity index is 1.98. The van der Waals surface area contributed by atoms with E-state index in [1.165, 1.54) is 5.56 Å². The fourth-order valence-corrected chi connectivity index (χ4v) is 4.79. The van der Waals surface area contributed by atoms with Crippen molar-refractivity contribution in [2.75, 3.05) is 6.61 Å². The van der Waals surface area contributed by atoms with Crippen molar-refractivity contribution in [2.45, 2.75) is 46.1 Å². The molecule has 0 radical (unpaired) electrons. The summed E-state index contributed by atoms with van der Waals surface area (Å²) in [4.78, 5) is 16.7. The van der Waals surface area contributed by atoms with Gasteiger partial charge in [-0.25, -0.2) is 0 Å². The molecule has 1 aromatic heterocycles. The Labute approximate surface area is 193 Å². The first-order valence-electron chi connectivity index (χ1n) is 11.2. The molecule has 3 aromatic carbocycles. The van der Waals surface area contributed by atoms with Gasteiger partial charge in [-0.3, -0.25) is 9.78 Å². The molecule has 5 rings (SSSR count). The molecule has 5 nitrogen and oxygen atoms in total. The topological polar surface area (TPSA) is 68.7 Å². The maximum atomic E-state index is 11.9. The molecular weight excluding hydrogens is 414 g/mol. The predicted molar refractivity (Wildman–Crippen MR) is 130 cm³/mol. The van der Waals surface area contributed by atoms with Crippen LogP contribution in [0.25, 0.3) is 32.8 Å². The van der Waals surface area contributed by atoms with Gasteiger partial charge in [0.1, 0.15) is 17.1 Å². The minimum absolute atomic E-state index is 0.0829. The average Bonchev–Trinajstić information content (AvgIpc) is 2.74. The van der Waals surface area contributed by atoms with E-state index in [1.54, 1.807) is 0 Å². The number of hydrogen-bond acceptors (Lipinski definition) is 4. The number of aryl methyl sites for hydroxylation is 1. The van der Waals surface area contributed by atoms with Crippen LogP contribution < -0.4 is 9.47 Å². The summed E-state index contributed by atoms with van der Waals surface area (Å²) in [5.41, 5.74) is 4.91. The Morgan fingerprint density at radius 2 is 1.94 bits per heavy atom. The number of hydrogen-bond donors (Lipinski definition) is 1. The minimum atomic E-state index is -0.869. The summed E-state index contributed by atoms with van der Waals surface area (Å²) < 4.78 is 12.5. The average molecular weight is 442 g/mol. The van der Waals surface area contributed by atoms with Gasteiger partial charge in [-0.05, 0) is 66.8 Å². The van der Waals surface area contributed by atoms with Gasteiger partial charge in [-0.1, -0.05) is 30.3 Å². The third-order valence-electron chi connectivity index (χ3n) is 6.03. The largest absolute Gasteiger partial charge is 0.492 e. The van der Waals surface area contributed by atoms with E-state index in [0.29, 0.717) is 12.4 Å². The lowest BCUT2D eigenvalue weighted by Gasteiger charge is -2.28. The second-order valence-electron chi connectivity index (χ2n) is 9.59. The van der Waals surface area contributed by atoms with Crippen LogP contribution in [-0.4, -0.2) is 28.3 Å². The van der Waals surface area contributed by atoms with Gasteiger partial charge in [0.2, 0.25) is 0 Å². The molecule has 0 spiro atoms. The zero-order valence-corrected chi connectivity index (χ0v) is 19.4. The van der Waals surface area contributed by atoms with E-state index in [1.807, 2.05) is 64.2 Å². The molecule has 168 valence electrons. The van der Waals surface area contributed by atoms with Crippen molar-refractivity contribution in [2.24, 2.45) is 0 Å². The Hall–Kier alpha value is -3.60. The molecular formula is C28H27NO4. The number of carboxylic acids is 1. The van der Waals surface area contributed by atoms with Gasteiger partial charge < -0.3 is 14.6 Å². The molecule has 1 aliphatic rings. The lowest BCUT2D eigenvalue weighted by Crippen LogP contribution is -2.24. The van der Waals surface area contributed by atoms with Crippen LogP contribution in [0.4, 0.5) is 0 Å². The number of fused-ring (bicyclic) bond motifs is 1. The number of carbonyl (C=O) groups is 1. The van der Waals surface area contributed by atoms with Crippen molar-refractivity contribution in [3.63, 3.8) is 0 Å². The summed E-state index contributed by atoms with van der Waals surface area (Å²) in [6.07, 6.45) is 2.55. The van der Waals surface area contributed by atoms with Gasteiger partial charge in [0, 0.05) is 24.1 Å². The van der Waals surface area contributed by atoms with Crippen LogP contribution in [0.3, 0.4) is 0 Å². The molecule has 4 aromatic rings. The highest BCUT2D eigenvalue weighted by Crippen LogP contribution is 2.48. The van der Waals surface area contributed by atoms with Gasteiger partial charge in [0.05, 0.1) is 24.1 Å². The van der Waals surface area contributed by atoms with Crippen LogP contribution in [0, 0.1) is 6.92 Å². The fraction of sp³-hybridized carbons (Fsp3) is 0.286. The van der Waals surface area contributed by atoms with Gasteiger partial charge >= 0.3 is 5.97 Å². The first kappa shape index (κ1) is 21.3. The molecule has 0 bridgehead atoms. The maximum absolute atomic E-state index is 11.9. The van der Waals surface area contributed by atoms with Crippen molar-refractivity contribution in [1.29, 1.82) is 0 Å². The molecule has 0 unspecified atom stereocenters. The highest BCUT2D eigenvalue weighted by Gasteiger charge is 2.27. The van der Waals surface area contributed by atoms with Crippen molar-refractivity contribution in [1.82, 2.24) is 4.98 Å². The summed E-state index contributed by atoms with van der Waals surface area (Å²) in [6, 6.07) is 14.1. The smallest absolute Gasteiger partial charge is 0.307 e. The molecule has 33 heavy (non-hydrogen) atoms. The van der Waals surface area contributed by atoms with E-state index in [4.69, 9.17) is 14.5 Å². The second kappa shape index (κ2) is 7.77. The van der Waals surface area contributed by atoms with E-state index in [-0.39, 0.29) is 6.42 Å². The number of aliphatic carboxylic acids is 1. The lowest BCUT2D eigenvalue weighted by atomic mass is 9.86. The molecule has 5 heteroatoms. The number of nitrogens with zero attached hydrogens (tertiary/aromatic N) is 1. The number of aromatic nitrogens is 1. The lowest BCUT2D eigenvalue weighted by molar-refractivity contribution is -0.136. The summed E-state index contributed by atoms with van der Waals surface area (Å²) in [6.45, 7) is 8.59. The third-order valence-corrected chi connectivity index (χ3v) is 6.03. The highest BCUT2D eigenvalue weighted by atomic mass is 16.5. The zero-order chi connectivity index (χ0) is 23.3. The van der Waals surface area contributed by atoms with Crippen LogP contribution in [-0.2, 0) is 17.6 Å². The standard InChI is InChI=1S/C28H27NO4/c1-16-13-18-7-5-6-8-19(18)25(20(16)14-23(30)31)26-22(33-28(2,3)4)15-21-24-17(10-12-32-21)9-11-29-27(24)26/h5-9,11,13,15H,10,12,14H2,1-4H3,(H,30,31). The van der Waals surface area contributed by atoms with Crippen molar-refractivity contribution >= 4 is 27.6 Å². The number of benzene rings is 3. The molecule has 1 N–H and O–H groups in total. The SMILES string of the molecule is Cc1cc2ccccc2c(-c2c(OC(C)(C)C)cc3c4c(ccnc24)CCO3)c1CC(=O)O. The van der Waals surface area contributed by atoms with E-state index in [0.717, 1.165) is 56.1 Å². The predicted octanol–water partition coefficient (Wildman–Crippen LogP) is 6.10. The van der Waals surface area contributed by atoms with Crippen molar-refractivity contribution < 1.29 is 19.4 Å². The van der Waals surface area contributed by atoms with Gasteiger partial charge in [0.25, 0.3) is 0 Å². The molecule has 0 saturated heterocycles. The third kappa shape index (κ3) is 3.78. The van der Waals surface area contributed by atoms with E-state index in [2.05, 4.69) is 12.1 Å². The highest BCUT2D eigenvalue weighted by molar-refractivity contribution is 6.10. The monoisotopic (exact) mass is 441 g/mol. The normalized spacial score (nSPS) is 13.2. The molecule has 1 aliphatic heterocycles. The first-order chi connectivity index (χ1) is 15.7. The molecule has 0 saturated carbocycles. The van der Waals surface area contributed by atoms with Gasteiger partial charge in [0.15, 0.2) is 0 Å². The van der Waals surface area contributed by atoms with Crippen LogP contribution in [0.1, 0.15) is 37.5 Å². The second-order valence-corrected chi connectivity index (χ2v) is 9.59. The van der Waals surface area contributed by atoms with E-state index < -0.39 is 11.6 Å². The van der Waals surface area contributed by atoms with Crippen LogP contribution in [0.2, 0.25) is 0 Å². The first-order valence-corrected chi connectivity index (χ1v) is 11.2. The number of ether oxygens (including phenoxy) is 2. The van der Waals surface area contributed by atoms with Crippen LogP contribution in [0.5, 0.6) is 11.5 Å². The minimum Gasteiger partial charge on any atom is -0.492 e. The number of rotatable bonds is 4. The van der Waals surface area contributed by atoms with Crippen LogP contribution in [0.15, 0.2) is 48.7 Å². The zero-order valence-electron chi connectivity index (χ0n) is 19.4. The molecule has 2 heterocycles. The summed E-state index contributed by atoms with van der Waals surface area (Å²) >= 11 is 0.